The molecule has 0 unspecified atom stereocenters. The normalized spacial score (nSPS) is 15.7. The number of allylic oxidation sites excluding steroid dienone is 8. The van der Waals surface area contributed by atoms with Gasteiger partial charge in [-0.25, -0.2) is 13.0 Å². The highest BCUT2D eigenvalue weighted by Crippen LogP contribution is 2.37. The van der Waals surface area contributed by atoms with Crippen LogP contribution in [0.2, 0.25) is 0 Å². The third kappa shape index (κ3) is 7.12. The Hall–Kier alpha value is -4.61. The molecule has 5 rings (SSSR count). The molecule has 7 nitrogen and oxygen atoms in total. The lowest BCUT2D eigenvalue weighted by Crippen LogP contribution is -2.28. The molecule has 2 aromatic carbocycles. The van der Waals surface area contributed by atoms with Crippen molar-refractivity contribution < 1.29 is 45.0 Å². The Labute approximate surface area is 252 Å². The molecule has 0 spiro atoms. The van der Waals surface area contributed by atoms with E-state index in [1.165, 1.54) is 10.9 Å². The van der Waals surface area contributed by atoms with Gasteiger partial charge >= 0.3 is 5.51 Å². The summed E-state index contributed by atoms with van der Waals surface area (Å²) in [6.45, 7) is 6.13. The number of aromatic nitrogens is 1. The van der Waals surface area contributed by atoms with E-state index < -0.39 is 15.6 Å². The summed E-state index contributed by atoms with van der Waals surface area (Å²) in [5.74, 6) is 0.811. The number of para-hydroxylation sites is 1. The van der Waals surface area contributed by atoms with Gasteiger partial charge in [0.15, 0.2) is 27.9 Å². The number of carbonyl (C=O) groups is 2. The molecule has 228 valence electrons. The average Bonchev–Trinajstić information content (AvgIpc) is 3.19. The number of pyridine rings is 1. The van der Waals surface area contributed by atoms with E-state index in [0.29, 0.717) is 28.2 Å². The van der Waals surface area contributed by atoms with Crippen molar-refractivity contribution in [3.63, 3.8) is 0 Å². The fourth-order valence-electron chi connectivity index (χ4n) is 4.48. The van der Waals surface area contributed by atoms with E-state index in [0.717, 1.165) is 5.56 Å². The highest BCUT2D eigenvalue weighted by atomic mass is 32.2. The predicted molar refractivity (Wildman–Crippen MR) is 158 cm³/mol. The molecule has 0 saturated carbocycles. The molecule has 0 bridgehead atoms. The van der Waals surface area contributed by atoms with Crippen molar-refractivity contribution in [2.75, 3.05) is 0 Å². The van der Waals surface area contributed by atoms with Gasteiger partial charge in [0.25, 0.3) is 0 Å². The highest BCUT2D eigenvalue weighted by molar-refractivity contribution is 7.86. The van der Waals surface area contributed by atoms with E-state index in [1.54, 1.807) is 30.3 Å². The number of hydrogen-bond acceptors (Lipinski definition) is 6. The van der Waals surface area contributed by atoms with E-state index in [-0.39, 0.29) is 22.6 Å². The molecule has 1 aliphatic heterocycles. The first kappa shape index (κ1) is 32.3. The molecule has 0 saturated heterocycles. The molecule has 1 aliphatic carbocycles. The van der Waals surface area contributed by atoms with Crippen LogP contribution in [0.4, 0.5) is 13.2 Å². The van der Waals surface area contributed by atoms with E-state index in [4.69, 9.17) is 17.7 Å². The third-order valence-electron chi connectivity index (χ3n) is 6.64. The molecule has 0 radical (unpaired) electrons. The minimum Gasteiger partial charge on any atom is -0.741 e. The zero-order chi connectivity index (χ0) is 32.4. The number of Topliss-reactive ketones (excluding diaryl/α,β-unsaturated/α-hetero) is 2. The fourth-order valence-corrected chi connectivity index (χ4v) is 4.48. The SMILES string of the molecule is C[n+]1cc(/C=C/C=C/C2=CC(=C3C(=O)c4ccccc4C3=O)C=C(C(C)(C)C)O2)cc2ccccc21.O=S(=O)([O-])C(F)(F)F. The number of alkyl halides is 3. The van der Waals surface area contributed by atoms with Gasteiger partial charge in [0.2, 0.25) is 5.52 Å². The van der Waals surface area contributed by atoms with Crippen LogP contribution in [-0.2, 0) is 21.9 Å². The number of hydrogen-bond donors (Lipinski definition) is 0. The maximum absolute atomic E-state index is 13.1. The number of aryl methyl sites for hydroxylation is 1. The van der Waals surface area contributed by atoms with Gasteiger partial charge < -0.3 is 9.29 Å². The summed E-state index contributed by atoms with van der Waals surface area (Å²) in [6, 6.07) is 17.4. The summed E-state index contributed by atoms with van der Waals surface area (Å²) in [4.78, 5) is 26.2. The van der Waals surface area contributed by atoms with Crippen molar-refractivity contribution in [2.24, 2.45) is 12.5 Å². The van der Waals surface area contributed by atoms with Crippen molar-refractivity contribution in [1.82, 2.24) is 0 Å². The number of rotatable bonds is 3. The zero-order valence-electron chi connectivity index (χ0n) is 24.2. The van der Waals surface area contributed by atoms with Crippen LogP contribution in [0, 0.1) is 5.41 Å². The van der Waals surface area contributed by atoms with Crippen molar-refractivity contribution in [3.05, 3.63) is 131 Å². The minimum atomic E-state index is -6.09. The van der Waals surface area contributed by atoms with Crippen molar-refractivity contribution in [2.45, 2.75) is 26.3 Å². The number of fused-ring (bicyclic) bond motifs is 2. The van der Waals surface area contributed by atoms with Gasteiger partial charge in [-0.15, -0.1) is 0 Å². The summed E-state index contributed by atoms with van der Waals surface area (Å²) in [7, 11) is -4.05. The van der Waals surface area contributed by atoms with Gasteiger partial charge in [0.1, 0.15) is 18.6 Å². The van der Waals surface area contributed by atoms with Gasteiger partial charge in [0.05, 0.1) is 5.57 Å². The molecule has 11 heteroatoms. The number of nitrogens with zero attached hydrogens (tertiary/aromatic N) is 1. The molecule has 0 N–H and O–H groups in total. The summed E-state index contributed by atoms with van der Waals surface area (Å²) >= 11 is 0. The lowest BCUT2D eigenvalue weighted by Gasteiger charge is -2.27. The largest absolute Gasteiger partial charge is 0.741 e. The van der Waals surface area contributed by atoms with Crippen molar-refractivity contribution in [1.29, 1.82) is 0 Å². The van der Waals surface area contributed by atoms with Crippen molar-refractivity contribution in [3.8, 4) is 0 Å². The van der Waals surface area contributed by atoms with Gasteiger partial charge in [-0.05, 0) is 42.0 Å². The Bertz CT molecular complexity index is 1890. The minimum absolute atomic E-state index is 0.200. The first-order valence-electron chi connectivity index (χ1n) is 13.3. The van der Waals surface area contributed by atoms with Crippen LogP contribution in [0.1, 0.15) is 47.1 Å². The first-order valence-corrected chi connectivity index (χ1v) is 14.7. The maximum atomic E-state index is 13.1. The van der Waals surface area contributed by atoms with Gasteiger partial charge in [-0.2, -0.15) is 13.2 Å². The topological polar surface area (TPSA) is 104 Å². The molecule has 3 aromatic rings. The van der Waals surface area contributed by atoms with Gasteiger partial charge in [-0.3, -0.25) is 9.59 Å². The molecule has 0 fully saturated rings. The smallest absolute Gasteiger partial charge is 0.485 e. The fraction of sp³-hybridized carbons (Fsp3) is 0.182. The van der Waals surface area contributed by atoms with Gasteiger partial charge in [-0.1, -0.05) is 69.3 Å². The lowest BCUT2D eigenvalue weighted by atomic mass is 9.89. The Kier molecular flexibility index (Phi) is 8.94. The van der Waals surface area contributed by atoms with E-state index in [2.05, 4.69) is 29.0 Å². The molecule has 0 atom stereocenters. The highest BCUT2D eigenvalue weighted by Gasteiger charge is 2.37. The summed E-state index contributed by atoms with van der Waals surface area (Å²) < 4.78 is 67.2. The quantitative estimate of drug-likeness (QED) is 0.0824. The Morgan fingerprint density at radius 1 is 0.864 bits per heavy atom. The maximum Gasteiger partial charge on any atom is 0.485 e. The zero-order valence-corrected chi connectivity index (χ0v) is 25.0. The molecule has 44 heavy (non-hydrogen) atoms. The Morgan fingerprint density at radius 3 is 1.98 bits per heavy atom. The Morgan fingerprint density at radius 2 is 1.41 bits per heavy atom. The van der Waals surface area contributed by atoms with Crippen LogP contribution >= 0.6 is 0 Å². The van der Waals surface area contributed by atoms with E-state index >= 15 is 0 Å². The summed E-state index contributed by atoms with van der Waals surface area (Å²) in [6.07, 6.45) is 13.4. The summed E-state index contributed by atoms with van der Waals surface area (Å²) in [5.41, 5.74) is -1.99. The van der Waals surface area contributed by atoms with E-state index in [9.17, 15) is 22.8 Å². The molecular formula is C33H28F3NO6S. The van der Waals surface area contributed by atoms with Crippen LogP contribution in [0.3, 0.4) is 0 Å². The van der Waals surface area contributed by atoms with E-state index in [1.807, 2.05) is 70.3 Å². The number of benzene rings is 2. The third-order valence-corrected chi connectivity index (χ3v) is 7.20. The first-order chi connectivity index (χ1) is 20.5. The molecule has 2 aliphatic rings. The standard InChI is InChI=1S/C32H28NO3.CHF3O3S/c1-32(2,3)28-19-23(29-30(34)25-14-8-9-15-26(25)31(29)35)18-24(36-28)13-7-5-11-21-17-22-12-6-10-16-27(22)33(4)20-21;2-1(3,4)8(5,6)7/h5-20H,1-4H3;(H,5,6,7)/q+1;/p-1/b11-5+,13-7+;. The van der Waals surface area contributed by atoms with Crippen LogP contribution in [0.15, 0.2) is 114 Å². The van der Waals surface area contributed by atoms with Crippen LogP contribution in [0.5, 0.6) is 0 Å². The molecule has 0 amide bonds. The number of halogens is 3. The molecule has 1 aromatic heterocycles. The second-order valence-corrected chi connectivity index (χ2v) is 12.4. The summed E-state index contributed by atoms with van der Waals surface area (Å²) in [5, 5.41) is 1.17. The number of ether oxygens (including phenoxy) is 1. The van der Waals surface area contributed by atoms with Crippen LogP contribution in [-0.4, -0.2) is 30.0 Å². The second-order valence-electron chi connectivity index (χ2n) is 11.0. The van der Waals surface area contributed by atoms with Crippen LogP contribution in [0.25, 0.3) is 17.0 Å². The molecular weight excluding hydrogens is 595 g/mol. The molecule has 2 heterocycles. The Balaban J connectivity index is 0.000000488. The number of ketones is 2. The second kappa shape index (κ2) is 12.2. The lowest BCUT2D eigenvalue weighted by molar-refractivity contribution is -0.645. The average molecular weight is 624 g/mol. The van der Waals surface area contributed by atoms with Gasteiger partial charge in [0, 0.05) is 33.6 Å². The predicted octanol–water partition coefficient (Wildman–Crippen LogP) is 6.51. The van der Waals surface area contributed by atoms with Crippen LogP contribution < -0.4 is 4.57 Å². The number of carbonyl (C=O) groups excluding carboxylic acids is 2. The monoisotopic (exact) mass is 623 g/mol. The van der Waals surface area contributed by atoms with Crippen molar-refractivity contribution >= 4 is 38.7 Å².